The van der Waals surface area contributed by atoms with Crippen LogP contribution in [0.25, 0.3) is 0 Å². The van der Waals surface area contributed by atoms with Crippen LogP contribution in [-0.4, -0.2) is 39.8 Å². The highest BCUT2D eigenvalue weighted by molar-refractivity contribution is 8.01. The van der Waals surface area contributed by atoms with Crippen LogP contribution in [0.15, 0.2) is 28.6 Å². The third-order valence-corrected chi connectivity index (χ3v) is 6.93. The zero-order valence-corrected chi connectivity index (χ0v) is 17.9. The molecule has 0 radical (unpaired) electrons. The molecule has 7 heteroatoms. The SMILES string of the molecule is CC(C)CSc1nnc(NC(=O)c2ccc(CN3CCCC(C)C3)cc2)s1. The van der Waals surface area contributed by atoms with Gasteiger partial charge in [0.1, 0.15) is 0 Å². The molecular formula is C20H28N4OS2. The first kappa shape index (κ1) is 20.3. The molecule has 1 aliphatic rings. The summed E-state index contributed by atoms with van der Waals surface area (Å²) in [5, 5.41) is 11.6. The predicted molar refractivity (Wildman–Crippen MR) is 114 cm³/mol. The lowest BCUT2D eigenvalue weighted by atomic mass is 9.99. The summed E-state index contributed by atoms with van der Waals surface area (Å²) < 4.78 is 0.894. The molecule has 1 saturated heterocycles. The van der Waals surface area contributed by atoms with Gasteiger partial charge in [-0.1, -0.05) is 56.0 Å². The molecule has 1 atom stereocenters. The third kappa shape index (κ3) is 6.30. The maximum absolute atomic E-state index is 12.4. The topological polar surface area (TPSA) is 58.1 Å². The van der Waals surface area contributed by atoms with Crippen LogP contribution >= 0.6 is 23.1 Å². The Kier molecular flexibility index (Phi) is 7.26. The van der Waals surface area contributed by atoms with Gasteiger partial charge in [0.05, 0.1) is 0 Å². The van der Waals surface area contributed by atoms with Gasteiger partial charge in [0.25, 0.3) is 5.91 Å². The van der Waals surface area contributed by atoms with Crippen molar-refractivity contribution >= 4 is 34.1 Å². The maximum Gasteiger partial charge on any atom is 0.257 e. The van der Waals surface area contributed by atoms with E-state index in [9.17, 15) is 4.79 Å². The molecule has 1 N–H and O–H groups in total. The number of likely N-dealkylation sites (tertiary alicyclic amines) is 1. The number of nitrogens with zero attached hydrogens (tertiary/aromatic N) is 3. The van der Waals surface area contributed by atoms with Crippen molar-refractivity contribution < 1.29 is 4.79 Å². The quantitative estimate of drug-likeness (QED) is 0.532. The lowest BCUT2D eigenvalue weighted by Gasteiger charge is -2.30. The van der Waals surface area contributed by atoms with Crippen molar-refractivity contribution in [2.24, 2.45) is 11.8 Å². The number of anilines is 1. The number of aromatic nitrogens is 2. The average Bonchev–Trinajstić information content (AvgIpc) is 3.08. The molecule has 0 spiro atoms. The Bertz CT molecular complexity index is 745. The molecule has 0 aliphatic carbocycles. The number of thioether (sulfide) groups is 1. The molecule has 1 unspecified atom stereocenters. The minimum Gasteiger partial charge on any atom is -0.299 e. The van der Waals surface area contributed by atoms with Crippen LogP contribution in [0.3, 0.4) is 0 Å². The highest BCUT2D eigenvalue weighted by Crippen LogP contribution is 2.27. The summed E-state index contributed by atoms with van der Waals surface area (Å²) in [5.41, 5.74) is 1.90. The number of hydrogen-bond donors (Lipinski definition) is 1. The molecule has 2 aromatic rings. The number of piperidine rings is 1. The van der Waals surface area contributed by atoms with E-state index in [1.54, 1.807) is 11.8 Å². The monoisotopic (exact) mass is 404 g/mol. The molecule has 146 valence electrons. The number of carbonyl (C=O) groups excluding carboxylic acids is 1. The summed E-state index contributed by atoms with van der Waals surface area (Å²) in [6.45, 7) is 9.95. The molecule has 1 aliphatic heterocycles. The van der Waals surface area contributed by atoms with Crippen molar-refractivity contribution in [1.29, 1.82) is 0 Å². The van der Waals surface area contributed by atoms with Gasteiger partial charge >= 0.3 is 0 Å². The first-order chi connectivity index (χ1) is 13.0. The van der Waals surface area contributed by atoms with Gasteiger partial charge < -0.3 is 0 Å². The molecule has 3 rings (SSSR count). The Morgan fingerprint density at radius 1 is 1.33 bits per heavy atom. The van der Waals surface area contributed by atoms with Crippen molar-refractivity contribution in [3.05, 3.63) is 35.4 Å². The van der Waals surface area contributed by atoms with Crippen molar-refractivity contribution in [3.8, 4) is 0 Å². The van der Waals surface area contributed by atoms with E-state index in [1.165, 1.54) is 36.3 Å². The highest BCUT2D eigenvalue weighted by atomic mass is 32.2. The van der Waals surface area contributed by atoms with E-state index in [4.69, 9.17) is 0 Å². The van der Waals surface area contributed by atoms with Gasteiger partial charge in [-0.2, -0.15) is 0 Å². The molecular weight excluding hydrogens is 376 g/mol. The first-order valence-corrected chi connectivity index (χ1v) is 11.4. The second-order valence-electron chi connectivity index (χ2n) is 7.71. The number of nitrogens with one attached hydrogen (secondary N) is 1. The summed E-state index contributed by atoms with van der Waals surface area (Å²) in [7, 11) is 0. The van der Waals surface area contributed by atoms with Crippen LogP contribution in [0.1, 0.15) is 49.5 Å². The predicted octanol–water partition coefficient (Wildman–Crippen LogP) is 4.77. The first-order valence-electron chi connectivity index (χ1n) is 9.58. The smallest absolute Gasteiger partial charge is 0.257 e. The van der Waals surface area contributed by atoms with Gasteiger partial charge in [-0.3, -0.25) is 15.0 Å². The lowest BCUT2D eigenvalue weighted by Crippen LogP contribution is -2.33. The van der Waals surface area contributed by atoms with Crippen LogP contribution in [0.5, 0.6) is 0 Å². The summed E-state index contributed by atoms with van der Waals surface area (Å²) >= 11 is 3.11. The summed E-state index contributed by atoms with van der Waals surface area (Å²) in [6, 6.07) is 7.90. The zero-order chi connectivity index (χ0) is 19.2. The molecule has 1 aromatic carbocycles. The Morgan fingerprint density at radius 3 is 2.81 bits per heavy atom. The minimum atomic E-state index is -0.135. The maximum atomic E-state index is 12.4. The van der Waals surface area contributed by atoms with Crippen molar-refractivity contribution in [2.75, 3.05) is 24.2 Å². The number of benzene rings is 1. The van der Waals surface area contributed by atoms with Gasteiger partial charge in [0.15, 0.2) is 4.34 Å². The van der Waals surface area contributed by atoms with E-state index in [2.05, 4.69) is 53.3 Å². The third-order valence-electron chi connectivity index (χ3n) is 4.53. The Hall–Kier alpha value is -1.44. The molecule has 27 heavy (non-hydrogen) atoms. The molecule has 1 fully saturated rings. The van der Waals surface area contributed by atoms with E-state index >= 15 is 0 Å². The number of hydrogen-bond acceptors (Lipinski definition) is 6. The molecule has 0 saturated carbocycles. The van der Waals surface area contributed by atoms with Crippen LogP contribution in [0.4, 0.5) is 5.13 Å². The van der Waals surface area contributed by atoms with E-state index < -0.39 is 0 Å². The second kappa shape index (κ2) is 9.66. The van der Waals surface area contributed by atoms with E-state index in [-0.39, 0.29) is 5.91 Å². The number of rotatable bonds is 7. The Labute approximate surface area is 170 Å². The summed E-state index contributed by atoms with van der Waals surface area (Å²) in [4.78, 5) is 14.9. The van der Waals surface area contributed by atoms with Crippen LogP contribution < -0.4 is 5.32 Å². The summed E-state index contributed by atoms with van der Waals surface area (Å²) in [5.74, 6) is 2.24. The lowest BCUT2D eigenvalue weighted by molar-refractivity contribution is 0.102. The molecule has 1 aromatic heterocycles. The zero-order valence-electron chi connectivity index (χ0n) is 16.3. The molecule has 2 heterocycles. The van der Waals surface area contributed by atoms with Crippen LogP contribution in [0.2, 0.25) is 0 Å². The fourth-order valence-corrected chi connectivity index (χ4v) is 4.90. The average molecular weight is 405 g/mol. The fraction of sp³-hybridized carbons (Fsp3) is 0.550. The van der Waals surface area contributed by atoms with E-state index in [0.29, 0.717) is 16.6 Å². The van der Waals surface area contributed by atoms with Crippen molar-refractivity contribution in [3.63, 3.8) is 0 Å². The van der Waals surface area contributed by atoms with Gasteiger partial charge in [-0.05, 0) is 48.9 Å². The number of carbonyl (C=O) groups is 1. The highest BCUT2D eigenvalue weighted by Gasteiger charge is 2.16. The molecule has 1 amide bonds. The number of amides is 1. The van der Waals surface area contributed by atoms with Gasteiger partial charge in [0, 0.05) is 24.4 Å². The van der Waals surface area contributed by atoms with Gasteiger partial charge in [-0.25, -0.2) is 0 Å². The fourth-order valence-electron chi connectivity index (χ4n) is 3.18. The summed E-state index contributed by atoms with van der Waals surface area (Å²) in [6.07, 6.45) is 2.61. The standard InChI is InChI=1S/C20H28N4OS2/c1-14(2)13-26-20-23-22-19(27-20)21-18(25)17-8-6-16(7-9-17)12-24-10-4-5-15(3)11-24/h6-9,14-15H,4-5,10-13H2,1-3H3,(H,21,22,25). The van der Waals surface area contributed by atoms with Gasteiger partial charge in [-0.15, -0.1) is 10.2 Å². The van der Waals surface area contributed by atoms with Crippen LogP contribution in [0, 0.1) is 11.8 Å². The van der Waals surface area contributed by atoms with E-state index in [0.717, 1.165) is 29.1 Å². The van der Waals surface area contributed by atoms with E-state index in [1.807, 2.05) is 12.1 Å². The second-order valence-corrected chi connectivity index (χ2v) is 9.96. The van der Waals surface area contributed by atoms with Crippen LogP contribution in [-0.2, 0) is 6.54 Å². The molecule has 5 nitrogen and oxygen atoms in total. The van der Waals surface area contributed by atoms with Crippen molar-refractivity contribution in [2.45, 2.75) is 44.5 Å². The van der Waals surface area contributed by atoms with Crippen molar-refractivity contribution in [1.82, 2.24) is 15.1 Å². The molecule has 0 bridgehead atoms. The largest absolute Gasteiger partial charge is 0.299 e. The minimum absolute atomic E-state index is 0.135. The Morgan fingerprint density at radius 2 is 2.11 bits per heavy atom. The Balaban J connectivity index is 1.53. The van der Waals surface area contributed by atoms with Gasteiger partial charge in [0.2, 0.25) is 5.13 Å². The normalized spacial score (nSPS) is 18.0.